The van der Waals surface area contributed by atoms with E-state index in [1.807, 2.05) is 36.5 Å². The van der Waals surface area contributed by atoms with Crippen molar-refractivity contribution in [3.05, 3.63) is 48.5 Å². The van der Waals surface area contributed by atoms with Crippen molar-refractivity contribution >= 4 is 11.6 Å². The molecule has 0 aliphatic rings. The predicted molar refractivity (Wildman–Crippen MR) is 79.3 cm³/mol. The summed E-state index contributed by atoms with van der Waals surface area (Å²) < 4.78 is 1.79. The summed E-state index contributed by atoms with van der Waals surface area (Å²) in [7, 11) is 0. The van der Waals surface area contributed by atoms with E-state index >= 15 is 0 Å². The minimum absolute atomic E-state index is 0.0584. The lowest BCUT2D eigenvalue weighted by molar-refractivity contribution is -0.116. The van der Waals surface area contributed by atoms with Crippen molar-refractivity contribution in [1.29, 1.82) is 0 Å². The second-order valence-corrected chi connectivity index (χ2v) is 4.99. The molecule has 1 aromatic heterocycles. The van der Waals surface area contributed by atoms with Gasteiger partial charge in [-0.2, -0.15) is 0 Å². The van der Waals surface area contributed by atoms with Crippen molar-refractivity contribution in [3.63, 3.8) is 0 Å². The van der Waals surface area contributed by atoms with Crippen molar-refractivity contribution in [3.8, 4) is 0 Å². The number of hydrogen-bond donors (Lipinski definition) is 2. The van der Waals surface area contributed by atoms with Gasteiger partial charge in [0.15, 0.2) is 0 Å². The number of hydrogen-bond acceptors (Lipinski definition) is 3. The maximum absolute atomic E-state index is 11.9. The molecule has 1 amide bonds. The number of rotatable bonds is 6. The van der Waals surface area contributed by atoms with E-state index in [1.54, 1.807) is 10.9 Å². The van der Waals surface area contributed by atoms with Gasteiger partial charge in [0, 0.05) is 24.5 Å². The first kappa shape index (κ1) is 14.3. The van der Waals surface area contributed by atoms with E-state index < -0.39 is 0 Å². The fourth-order valence-corrected chi connectivity index (χ4v) is 1.78. The zero-order chi connectivity index (χ0) is 14.4. The molecule has 20 heavy (non-hydrogen) atoms. The third-order valence-electron chi connectivity index (χ3n) is 2.76. The van der Waals surface area contributed by atoms with Crippen LogP contribution in [-0.4, -0.2) is 21.5 Å². The Bertz CT molecular complexity index is 548. The van der Waals surface area contributed by atoms with Gasteiger partial charge in [-0.25, -0.2) is 4.98 Å². The molecule has 0 saturated heterocycles. The summed E-state index contributed by atoms with van der Waals surface area (Å²) in [5.41, 5.74) is 1.74. The zero-order valence-corrected chi connectivity index (χ0v) is 11.8. The van der Waals surface area contributed by atoms with Gasteiger partial charge in [-0.3, -0.25) is 4.79 Å². The number of nitrogens with one attached hydrogen (secondary N) is 2. The van der Waals surface area contributed by atoms with Gasteiger partial charge in [-0.05, 0) is 12.1 Å². The van der Waals surface area contributed by atoms with Crippen LogP contribution in [0.1, 0.15) is 19.5 Å². The fraction of sp³-hybridized carbons (Fsp3) is 0.333. The summed E-state index contributed by atoms with van der Waals surface area (Å²) in [6.07, 6.45) is 3.57. The van der Waals surface area contributed by atoms with E-state index in [-0.39, 0.29) is 12.5 Å². The smallest absolute Gasteiger partial charge is 0.244 e. The Balaban J connectivity index is 1.85. The monoisotopic (exact) mass is 272 g/mol. The number of carbonyl (C=O) groups excluding carboxylic acids is 1. The van der Waals surface area contributed by atoms with E-state index in [0.29, 0.717) is 12.6 Å². The predicted octanol–water partition coefficient (Wildman–Crippen LogP) is 2.02. The molecule has 2 rings (SSSR count). The maximum Gasteiger partial charge on any atom is 0.244 e. The number of benzene rings is 1. The topological polar surface area (TPSA) is 59.0 Å². The van der Waals surface area contributed by atoms with Gasteiger partial charge in [0.1, 0.15) is 6.54 Å². The highest BCUT2D eigenvalue weighted by Crippen LogP contribution is 2.05. The second-order valence-electron chi connectivity index (χ2n) is 4.99. The standard InChI is InChI=1S/C15H20N4O/c1-12(2)16-8-14-9-19(11-17-14)10-15(20)18-13-6-4-3-5-7-13/h3-7,9,11-12,16H,8,10H2,1-2H3,(H,18,20). The van der Waals surface area contributed by atoms with Crippen LogP contribution >= 0.6 is 0 Å². The van der Waals surface area contributed by atoms with Gasteiger partial charge in [0.2, 0.25) is 5.91 Å². The van der Waals surface area contributed by atoms with E-state index in [1.165, 1.54) is 0 Å². The Morgan fingerprint density at radius 3 is 2.75 bits per heavy atom. The Labute approximate surface area is 119 Å². The van der Waals surface area contributed by atoms with Gasteiger partial charge < -0.3 is 15.2 Å². The Morgan fingerprint density at radius 1 is 1.30 bits per heavy atom. The molecule has 5 nitrogen and oxygen atoms in total. The molecule has 2 N–H and O–H groups in total. The summed E-state index contributed by atoms with van der Waals surface area (Å²) in [4.78, 5) is 16.2. The lowest BCUT2D eigenvalue weighted by Gasteiger charge is -2.06. The highest BCUT2D eigenvalue weighted by atomic mass is 16.1. The number of anilines is 1. The van der Waals surface area contributed by atoms with Gasteiger partial charge in [0.25, 0.3) is 0 Å². The highest BCUT2D eigenvalue weighted by Gasteiger charge is 2.05. The molecule has 0 aliphatic heterocycles. The molecule has 0 atom stereocenters. The molecular formula is C15H20N4O. The Morgan fingerprint density at radius 2 is 2.05 bits per heavy atom. The fourth-order valence-electron chi connectivity index (χ4n) is 1.78. The molecule has 1 heterocycles. The number of nitrogens with zero attached hydrogens (tertiary/aromatic N) is 2. The second kappa shape index (κ2) is 6.86. The average molecular weight is 272 g/mol. The van der Waals surface area contributed by atoms with Crippen molar-refractivity contribution in [2.24, 2.45) is 0 Å². The minimum atomic E-state index is -0.0584. The minimum Gasteiger partial charge on any atom is -0.328 e. The first-order valence-corrected chi connectivity index (χ1v) is 6.72. The molecule has 0 saturated carbocycles. The third-order valence-corrected chi connectivity index (χ3v) is 2.76. The van der Waals surface area contributed by atoms with Crippen LogP contribution in [0.5, 0.6) is 0 Å². The Hall–Kier alpha value is -2.14. The lowest BCUT2D eigenvalue weighted by atomic mass is 10.3. The molecule has 0 bridgehead atoms. The summed E-state index contributed by atoms with van der Waals surface area (Å²) in [6, 6.07) is 9.85. The van der Waals surface area contributed by atoms with Crippen LogP contribution in [0.3, 0.4) is 0 Å². The summed E-state index contributed by atoms with van der Waals surface area (Å²) in [6.45, 7) is 5.16. The van der Waals surface area contributed by atoms with Crippen molar-refractivity contribution in [2.45, 2.75) is 33.0 Å². The zero-order valence-electron chi connectivity index (χ0n) is 11.8. The highest BCUT2D eigenvalue weighted by molar-refractivity contribution is 5.90. The maximum atomic E-state index is 11.9. The van der Waals surface area contributed by atoms with Crippen LogP contribution in [0.15, 0.2) is 42.9 Å². The number of amides is 1. The molecule has 5 heteroatoms. The molecule has 0 spiro atoms. The number of imidazole rings is 1. The van der Waals surface area contributed by atoms with E-state index in [0.717, 1.165) is 11.4 Å². The normalized spacial score (nSPS) is 10.8. The third kappa shape index (κ3) is 4.51. The van der Waals surface area contributed by atoms with Crippen molar-refractivity contribution in [1.82, 2.24) is 14.9 Å². The first-order valence-electron chi connectivity index (χ1n) is 6.72. The molecule has 0 radical (unpaired) electrons. The summed E-state index contributed by atoms with van der Waals surface area (Å²) >= 11 is 0. The van der Waals surface area contributed by atoms with Crippen molar-refractivity contribution < 1.29 is 4.79 Å². The van der Waals surface area contributed by atoms with E-state index in [2.05, 4.69) is 29.5 Å². The van der Waals surface area contributed by atoms with Crippen molar-refractivity contribution in [2.75, 3.05) is 5.32 Å². The van der Waals surface area contributed by atoms with Crippen LogP contribution in [0, 0.1) is 0 Å². The largest absolute Gasteiger partial charge is 0.328 e. The molecule has 2 aromatic rings. The number of aromatic nitrogens is 2. The van der Waals surface area contributed by atoms with E-state index in [4.69, 9.17) is 0 Å². The van der Waals surface area contributed by atoms with Crippen LogP contribution in [0.2, 0.25) is 0 Å². The molecular weight excluding hydrogens is 252 g/mol. The Kier molecular flexibility index (Phi) is 4.90. The average Bonchev–Trinajstić information content (AvgIpc) is 2.85. The molecule has 0 fully saturated rings. The SMILES string of the molecule is CC(C)NCc1cn(CC(=O)Nc2ccccc2)cn1. The van der Waals surface area contributed by atoms with Crippen LogP contribution in [-0.2, 0) is 17.9 Å². The van der Waals surface area contributed by atoms with Gasteiger partial charge in [0.05, 0.1) is 12.0 Å². The lowest BCUT2D eigenvalue weighted by Crippen LogP contribution is -2.22. The molecule has 1 aromatic carbocycles. The quantitative estimate of drug-likeness (QED) is 0.846. The van der Waals surface area contributed by atoms with Gasteiger partial charge in [-0.1, -0.05) is 32.0 Å². The molecule has 0 unspecified atom stereocenters. The summed E-state index contributed by atoms with van der Waals surface area (Å²) in [5, 5.41) is 6.14. The van der Waals surface area contributed by atoms with Gasteiger partial charge >= 0.3 is 0 Å². The van der Waals surface area contributed by atoms with Crippen LogP contribution < -0.4 is 10.6 Å². The van der Waals surface area contributed by atoms with Crippen LogP contribution in [0.4, 0.5) is 5.69 Å². The summed E-state index contributed by atoms with van der Waals surface area (Å²) in [5.74, 6) is -0.0584. The first-order chi connectivity index (χ1) is 9.63. The van der Waals surface area contributed by atoms with Gasteiger partial charge in [-0.15, -0.1) is 0 Å². The number of para-hydroxylation sites is 1. The molecule has 106 valence electrons. The molecule has 0 aliphatic carbocycles. The van der Waals surface area contributed by atoms with Crippen LogP contribution in [0.25, 0.3) is 0 Å². The van der Waals surface area contributed by atoms with E-state index in [9.17, 15) is 4.79 Å². The number of carbonyl (C=O) groups is 1.